The lowest BCUT2D eigenvalue weighted by Gasteiger charge is -2.49. The molecule has 0 radical (unpaired) electrons. The fourth-order valence-electron chi connectivity index (χ4n) is 3.78. The zero-order valence-electron chi connectivity index (χ0n) is 12.3. The summed E-state index contributed by atoms with van der Waals surface area (Å²) in [5, 5.41) is 4.78. The van der Waals surface area contributed by atoms with Crippen LogP contribution >= 0.6 is 11.3 Å². The highest BCUT2D eigenvalue weighted by molar-refractivity contribution is 7.15. The normalized spacial score (nSPS) is 30.7. The van der Waals surface area contributed by atoms with Crippen molar-refractivity contribution in [3.8, 4) is 0 Å². The van der Waals surface area contributed by atoms with Gasteiger partial charge in [0.15, 0.2) is 5.13 Å². The van der Waals surface area contributed by atoms with E-state index in [1.165, 1.54) is 47.8 Å². The van der Waals surface area contributed by atoms with Crippen LogP contribution in [-0.2, 0) is 6.42 Å². The van der Waals surface area contributed by atoms with Gasteiger partial charge in [-0.05, 0) is 52.5 Å². The van der Waals surface area contributed by atoms with Gasteiger partial charge in [-0.1, -0.05) is 6.92 Å². The Morgan fingerprint density at radius 3 is 2.53 bits per heavy atom. The van der Waals surface area contributed by atoms with Crippen molar-refractivity contribution in [2.75, 3.05) is 11.9 Å². The molecule has 1 aromatic heterocycles. The highest BCUT2D eigenvalue weighted by Crippen LogP contribution is 2.40. The number of nitrogens with zero attached hydrogens (tertiary/aromatic N) is 2. The van der Waals surface area contributed by atoms with Crippen LogP contribution in [0, 0.1) is 6.92 Å². The van der Waals surface area contributed by atoms with Crippen LogP contribution in [0.4, 0.5) is 5.13 Å². The average molecular weight is 279 g/mol. The van der Waals surface area contributed by atoms with Gasteiger partial charge in [0.1, 0.15) is 0 Å². The molecule has 1 N–H and O–H groups in total. The Labute approximate surface area is 120 Å². The van der Waals surface area contributed by atoms with Crippen molar-refractivity contribution in [2.24, 2.45) is 0 Å². The molecule has 2 aliphatic rings. The quantitative estimate of drug-likeness (QED) is 0.921. The number of anilines is 1. The molecule has 19 heavy (non-hydrogen) atoms. The molecule has 2 bridgehead atoms. The van der Waals surface area contributed by atoms with Crippen molar-refractivity contribution in [1.82, 2.24) is 10.3 Å². The van der Waals surface area contributed by atoms with E-state index in [1.807, 2.05) is 11.3 Å². The molecule has 4 heteroatoms. The molecule has 2 fully saturated rings. The molecular formula is C15H25N3S. The second kappa shape index (κ2) is 5.41. The van der Waals surface area contributed by atoms with E-state index >= 15 is 0 Å². The van der Waals surface area contributed by atoms with E-state index in [0.29, 0.717) is 18.1 Å². The lowest BCUT2D eigenvalue weighted by molar-refractivity contribution is 0.252. The van der Waals surface area contributed by atoms with Crippen molar-refractivity contribution in [1.29, 1.82) is 0 Å². The van der Waals surface area contributed by atoms with Crippen LogP contribution in [0.25, 0.3) is 0 Å². The Balaban J connectivity index is 1.87. The van der Waals surface area contributed by atoms with E-state index in [9.17, 15) is 0 Å². The minimum atomic E-state index is 0.707. The van der Waals surface area contributed by atoms with Crippen LogP contribution in [0.3, 0.4) is 0 Å². The Morgan fingerprint density at radius 2 is 2.00 bits per heavy atom. The number of hydrogen-bond donors (Lipinski definition) is 1. The van der Waals surface area contributed by atoms with Gasteiger partial charge in [0.25, 0.3) is 0 Å². The maximum Gasteiger partial charge on any atom is 0.186 e. The molecule has 106 valence electrons. The topological polar surface area (TPSA) is 28.2 Å². The van der Waals surface area contributed by atoms with Gasteiger partial charge in [0, 0.05) is 23.0 Å². The fraction of sp³-hybridized carbons (Fsp3) is 0.800. The second-order valence-electron chi connectivity index (χ2n) is 5.96. The Kier molecular flexibility index (Phi) is 3.81. The first-order valence-corrected chi connectivity index (χ1v) is 8.46. The number of fused-ring (bicyclic) bond motifs is 2. The Bertz CT molecular complexity index is 429. The van der Waals surface area contributed by atoms with Crippen LogP contribution in [0.15, 0.2) is 0 Å². The number of aromatic nitrogens is 1. The van der Waals surface area contributed by atoms with Crippen molar-refractivity contribution < 1.29 is 0 Å². The van der Waals surface area contributed by atoms with Crippen LogP contribution in [0.2, 0.25) is 0 Å². The van der Waals surface area contributed by atoms with Crippen molar-refractivity contribution in [3.05, 3.63) is 10.6 Å². The highest BCUT2D eigenvalue weighted by Gasteiger charge is 2.39. The summed E-state index contributed by atoms with van der Waals surface area (Å²) in [5.74, 6) is 0. The predicted molar refractivity (Wildman–Crippen MR) is 82.2 cm³/mol. The Morgan fingerprint density at radius 1 is 1.32 bits per heavy atom. The molecule has 1 aromatic rings. The molecule has 2 saturated heterocycles. The summed E-state index contributed by atoms with van der Waals surface area (Å²) in [7, 11) is 2.11. The van der Waals surface area contributed by atoms with E-state index in [1.54, 1.807) is 0 Å². The number of aryl methyl sites for hydroxylation is 2. The monoisotopic (exact) mass is 279 g/mol. The van der Waals surface area contributed by atoms with Gasteiger partial charge >= 0.3 is 0 Å². The van der Waals surface area contributed by atoms with Gasteiger partial charge in [0.05, 0.1) is 5.69 Å². The van der Waals surface area contributed by atoms with Crippen LogP contribution in [-0.4, -0.2) is 30.2 Å². The van der Waals surface area contributed by atoms with E-state index in [0.717, 1.165) is 6.42 Å². The number of piperidine rings is 2. The molecule has 3 rings (SSSR count). The van der Waals surface area contributed by atoms with Crippen molar-refractivity contribution >= 4 is 16.5 Å². The first-order valence-electron chi connectivity index (χ1n) is 7.64. The van der Waals surface area contributed by atoms with Crippen LogP contribution < -0.4 is 10.2 Å². The third kappa shape index (κ3) is 2.40. The summed E-state index contributed by atoms with van der Waals surface area (Å²) >= 11 is 1.91. The van der Waals surface area contributed by atoms with E-state index in [-0.39, 0.29) is 0 Å². The molecule has 2 unspecified atom stereocenters. The largest absolute Gasteiger partial charge is 0.342 e. The standard InChI is InChI=1S/C15H25N3S/c1-4-14-10(2)19-15(17-14)18-12-6-5-7-13(18)9-11(8-12)16-3/h11-13,16H,4-9H2,1-3H3. The maximum absolute atomic E-state index is 4.91. The third-order valence-corrected chi connectivity index (χ3v) is 5.85. The summed E-state index contributed by atoms with van der Waals surface area (Å²) in [6.07, 6.45) is 7.71. The molecule has 2 atom stereocenters. The summed E-state index contributed by atoms with van der Waals surface area (Å²) in [6.45, 7) is 4.43. The van der Waals surface area contributed by atoms with Gasteiger partial charge < -0.3 is 10.2 Å². The molecule has 0 amide bonds. The molecule has 0 aromatic carbocycles. The summed E-state index contributed by atoms with van der Waals surface area (Å²) < 4.78 is 0. The summed E-state index contributed by atoms with van der Waals surface area (Å²) in [6, 6.07) is 2.12. The minimum absolute atomic E-state index is 0.707. The molecule has 3 heterocycles. The number of nitrogens with one attached hydrogen (secondary N) is 1. The predicted octanol–water partition coefficient (Wildman–Crippen LogP) is 3.12. The van der Waals surface area contributed by atoms with Gasteiger partial charge in [0.2, 0.25) is 0 Å². The second-order valence-corrected chi connectivity index (χ2v) is 7.14. The zero-order chi connectivity index (χ0) is 13.4. The average Bonchev–Trinajstić information content (AvgIpc) is 2.78. The van der Waals surface area contributed by atoms with E-state index in [4.69, 9.17) is 4.98 Å². The molecule has 0 saturated carbocycles. The van der Waals surface area contributed by atoms with Crippen LogP contribution in [0.5, 0.6) is 0 Å². The SMILES string of the molecule is CCc1nc(N2C3CCCC2CC(NC)C3)sc1C. The van der Waals surface area contributed by atoms with Crippen molar-refractivity contribution in [2.45, 2.75) is 70.5 Å². The van der Waals surface area contributed by atoms with Gasteiger partial charge in [-0.3, -0.25) is 0 Å². The molecule has 0 aliphatic carbocycles. The fourth-order valence-corrected chi connectivity index (χ4v) is 4.92. The highest BCUT2D eigenvalue weighted by atomic mass is 32.1. The van der Waals surface area contributed by atoms with Crippen LogP contribution in [0.1, 0.15) is 49.6 Å². The zero-order valence-corrected chi connectivity index (χ0v) is 13.1. The summed E-state index contributed by atoms with van der Waals surface area (Å²) in [4.78, 5) is 8.98. The first-order chi connectivity index (χ1) is 9.22. The molecular weight excluding hydrogens is 254 g/mol. The van der Waals surface area contributed by atoms with Gasteiger partial charge in [-0.15, -0.1) is 11.3 Å². The smallest absolute Gasteiger partial charge is 0.186 e. The number of hydrogen-bond acceptors (Lipinski definition) is 4. The Hall–Kier alpha value is -0.610. The third-order valence-electron chi connectivity index (χ3n) is 4.82. The number of thiazole rings is 1. The lowest BCUT2D eigenvalue weighted by Crippen LogP contribution is -2.56. The van der Waals surface area contributed by atoms with Gasteiger partial charge in [-0.2, -0.15) is 0 Å². The minimum Gasteiger partial charge on any atom is -0.342 e. The van der Waals surface area contributed by atoms with E-state index in [2.05, 4.69) is 31.1 Å². The number of rotatable bonds is 3. The molecule has 2 aliphatic heterocycles. The maximum atomic E-state index is 4.91. The molecule has 0 spiro atoms. The summed E-state index contributed by atoms with van der Waals surface area (Å²) in [5.41, 5.74) is 1.30. The lowest BCUT2D eigenvalue weighted by atomic mass is 9.82. The molecule has 3 nitrogen and oxygen atoms in total. The van der Waals surface area contributed by atoms with Crippen molar-refractivity contribution in [3.63, 3.8) is 0 Å². The van der Waals surface area contributed by atoms with E-state index < -0.39 is 0 Å². The van der Waals surface area contributed by atoms with Gasteiger partial charge in [-0.25, -0.2) is 4.98 Å². The first kappa shape index (κ1) is 13.4.